The van der Waals surface area contributed by atoms with Gasteiger partial charge in [-0.05, 0) is 31.5 Å². The third-order valence-electron chi connectivity index (χ3n) is 4.12. The number of para-hydroxylation sites is 1. The summed E-state index contributed by atoms with van der Waals surface area (Å²) in [5.74, 6) is -3.51. The van der Waals surface area contributed by atoms with Crippen molar-refractivity contribution in [3.63, 3.8) is 0 Å². The first kappa shape index (κ1) is 24.2. The molecule has 13 heteroatoms. The maximum absolute atomic E-state index is 13.2. The van der Waals surface area contributed by atoms with Crippen LogP contribution >= 0.6 is 0 Å². The fraction of sp³-hybridized carbons (Fsp3) is 0.389. The molecule has 1 fully saturated rings. The van der Waals surface area contributed by atoms with Crippen LogP contribution in [0.1, 0.15) is 28.9 Å². The van der Waals surface area contributed by atoms with Crippen LogP contribution in [0, 0.1) is 0 Å². The second-order valence-corrected chi connectivity index (χ2v) is 6.49. The van der Waals surface area contributed by atoms with Crippen LogP contribution < -0.4 is 10.6 Å². The van der Waals surface area contributed by atoms with E-state index in [1.807, 2.05) is 0 Å². The summed E-state index contributed by atoms with van der Waals surface area (Å²) in [6.07, 6.45) is -7.03. The zero-order valence-electron chi connectivity index (χ0n) is 15.8. The lowest BCUT2D eigenvalue weighted by atomic mass is 10.1. The predicted octanol–water partition coefficient (Wildman–Crippen LogP) is 3.01. The fourth-order valence-electron chi connectivity index (χ4n) is 2.70. The Labute approximate surface area is 172 Å². The molecule has 1 aliphatic heterocycles. The minimum absolute atomic E-state index is 0.174. The number of nitrogens with zero attached hydrogens (tertiary/aromatic N) is 2. The van der Waals surface area contributed by atoms with Crippen molar-refractivity contribution in [3.05, 3.63) is 47.8 Å². The molecule has 1 atom stereocenters. The van der Waals surface area contributed by atoms with Gasteiger partial charge in [-0.3, -0.25) is 4.79 Å². The number of nitrogens with one attached hydrogen (secondary N) is 2. The second-order valence-electron chi connectivity index (χ2n) is 6.49. The molecule has 1 aromatic carbocycles. The van der Waals surface area contributed by atoms with Gasteiger partial charge in [0.15, 0.2) is 5.69 Å². The molecule has 0 bridgehead atoms. The number of hydrogen-bond acceptors (Lipinski definition) is 4. The molecule has 0 aliphatic carbocycles. The Morgan fingerprint density at radius 3 is 2.23 bits per heavy atom. The normalized spacial score (nSPS) is 16.8. The molecule has 0 radical (unpaired) electrons. The number of carboxylic acid groups (broad SMARTS) is 1. The summed E-state index contributed by atoms with van der Waals surface area (Å²) < 4.78 is 72.6. The van der Waals surface area contributed by atoms with Gasteiger partial charge < -0.3 is 15.7 Å². The van der Waals surface area contributed by atoms with Crippen molar-refractivity contribution in [2.45, 2.75) is 31.2 Å². The van der Waals surface area contributed by atoms with E-state index >= 15 is 0 Å². The summed E-state index contributed by atoms with van der Waals surface area (Å²) >= 11 is 0. The topological polar surface area (TPSA) is 96.3 Å². The standard InChI is InChI=1S/C16H17F3N4O.C2HF3O2/c17-16(18,19)14-13(15(24)21-11-5-4-8-20-9-11)10-23(22-14)12-6-2-1-3-7-12;3-2(4,5)1(6)7/h1-3,6-7,10-11,20H,4-5,8-9H2,(H,21,24);(H,6,7). The van der Waals surface area contributed by atoms with Crippen LogP contribution in [0.3, 0.4) is 0 Å². The van der Waals surface area contributed by atoms with E-state index in [-0.39, 0.29) is 6.04 Å². The molecule has 0 spiro atoms. The van der Waals surface area contributed by atoms with Crippen LogP contribution in [0.4, 0.5) is 26.3 Å². The lowest BCUT2D eigenvalue weighted by Crippen LogP contribution is -2.45. The summed E-state index contributed by atoms with van der Waals surface area (Å²) in [5, 5.41) is 16.5. The van der Waals surface area contributed by atoms with Gasteiger partial charge in [-0.2, -0.15) is 31.4 Å². The molecule has 170 valence electrons. The number of benzene rings is 1. The molecule has 2 aromatic rings. The van der Waals surface area contributed by atoms with Crippen LogP contribution in [0.15, 0.2) is 36.5 Å². The molecule has 31 heavy (non-hydrogen) atoms. The lowest BCUT2D eigenvalue weighted by Gasteiger charge is -2.23. The van der Waals surface area contributed by atoms with Crippen molar-refractivity contribution < 1.29 is 41.0 Å². The van der Waals surface area contributed by atoms with Crippen molar-refractivity contribution in [1.82, 2.24) is 20.4 Å². The molecule has 0 saturated carbocycles. The lowest BCUT2D eigenvalue weighted by molar-refractivity contribution is -0.192. The van der Waals surface area contributed by atoms with Crippen LogP contribution in [-0.4, -0.2) is 52.1 Å². The largest absolute Gasteiger partial charge is 0.490 e. The first-order valence-corrected chi connectivity index (χ1v) is 8.93. The Bertz CT molecular complexity index is 890. The molecule has 3 N–H and O–H groups in total. The van der Waals surface area contributed by atoms with Crippen LogP contribution in [-0.2, 0) is 11.0 Å². The van der Waals surface area contributed by atoms with Crippen LogP contribution in [0.25, 0.3) is 5.69 Å². The van der Waals surface area contributed by atoms with Gasteiger partial charge in [-0.1, -0.05) is 18.2 Å². The molecule has 3 rings (SSSR count). The van der Waals surface area contributed by atoms with Gasteiger partial charge in [0.2, 0.25) is 0 Å². The highest BCUT2D eigenvalue weighted by Crippen LogP contribution is 2.31. The SMILES string of the molecule is O=C(NC1CCCNC1)c1cn(-c2ccccc2)nc1C(F)(F)F.O=C(O)C(F)(F)F. The molecular weight excluding hydrogens is 434 g/mol. The van der Waals surface area contributed by atoms with E-state index in [1.54, 1.807) is 30.3 Å². The number of aromatic nitrogens is 2. The number of carbonyl (C=O) groups excluding carboxylic acids is 1. The van der Waals surface area contributed by atoms with E-state index < -0.39 is 35.5 Å². The number of carbonyl (C=O) groups is 2. The fourth-order valence-corrected chi connectivity index (χ4v) is 2.70. The Morgan fingerprint density at radius 2 is 1.74 bits per heavy atom. The Kier molecular flexibility index (Phi) is 7.65. The zero-order chi connectivity index (χ0) is 23.2. The van der Waals surface area contributed by atoms with Gasteiger partial charge in [0, 0.05) is 18.8 Å². The van der Waals surface area contributed by atoms with Gasteiger partial charge in [0.1, 0.15) is 0 Å². The number of piperidine rings is 1. The highest BCUT2D eigenvalue weighted by atomic mass is 19.4. The molecule has 1 amide bonds. The summed E-state index contributed by atoms with van der Waals surface area (Å²) in [4.78, 5) is 21.2. The van der Waals surface area contributed by atoms with Gasteiger partial charge in [0.25, 0.3) is 5.91 Å². The number of halogens is 6. The van der Waals surface area contributed by atoms with Gasteiger partial charge >= 0.3 is 18.3 Å². The van der Waals surface area contributed by atoms with Crippen LogP contribution in [0.2, 0.25) is 0 Å². The number of amides is 1. The Hall–Kier alpha value is -3.09. The van der Waals surface area contributed by atoms with E-state index in [2.05, 4.69) is 15.7 Å². The van der Waals surface area contributed by atoms with Gasteiger partial charge in [-0.15, -0.1) is 0 Å². The summed E-state index contributed by atoms with van der Waals surface area (Å²) in [7, 11) is 0. The number of aliphatic carboxylic acids is 1. The highest BCUT2D eigenvalue weighted by molar-refractivity contribution is 5.95. The van der Waals surface area contributed by atoms with E-state index in [0.29, 0.717) is 12.2 Å². The van der Waals surface area contributed by atoms with E-state index in [0.717, 1.165) is 30.3 Å². The molecule has 1 unspecified atom stereocenters. The Morgan fingerprint density at radius 1 is 1.13 bits per heavy atom. The average molecular weight is 452 g/mol. The first-order chi connectivity index (χ1) is 14.4. The zero-order valence-corrected chi connectivity index (χ0v) is 15.8. The van der Waals surface area contributed by atoms with E-state index in [1.165, 1.54) is 0 Å². The number of rotatable bonds is 3. The van der Waals surface area contributed by atoms with Crippen molar-refractivity contribution >= 4 is 11.9 Å². The second kappa shape index (κ2) is 9.81. The van der Waals surface area contributed by atoms with Crippen LogP contribution in [0.5, 0.6) is 0 Å². The quantitative estimate of drug-likeness (QED) is 0.623. The highest BCUT2D eigenvalue weighted by Gasteiger charge is 2.40. The summed E-state index contributed by atoms with van der Waals surface area (Å²) in [6.45, 7) is 1.41. The third-order valence-corrected chi connectivity index (χ3v) is 4.12. The first-order valence-electron chi connectivity index (χ1n) is 8.93. The van der Waals surface area contributed by atoms with Crippen molar-refractivity contribution in [1.29, 1.82) is 0 Å². The summed E-state index contributed by atoms with van der Waals surface area (Å²) in [6, 6.07) is 8.21. The van der Waals surface area contributed by atoms with Crippen molar-refractivity contribution in [2.24, 2.45) is 0 Å². The summed E-state index contributed by atoms with van der Waals surface area (Å²) in [5.41, 5.74) is -1.18. The van der Waals surface area contributed by atoms with E-state index in [9.17, 15) is 31.1 Å². The molecule has 1 aliphatic rings. The van der Waals surface area contributed by atoms with Crippen molar-refractivity contribution in [3.8, 4) is 5.69 Å². The number of hydrogen-bond donors (Lipinski definition) is 3. The van der Waals surface area contributed by atoms with E-state index in [4.69, 9.17) is 9.90 Å². The number of carboxylic acids is 1. The predicted molar refractivity (Wildman–Crippen MR) is 95.6 cm³/mol. The maximum Gasteiger partial charge on any atom is 0.490 e. The molecular formula is C18H18F6N4O3. The number of alkyl halides is 6. The molecule has 2 heterocycles. The smallest absolute Gasteiger partial charge is 0.475 e. The van der Waals surface area contributed by atoms with Crippen molar-refractivity contribution in [2.75, 3.05) is 13.1 Å². The molecule has 1 aromatic heterocycles. The third kappa shape index (κ3) is 6.98. The minimum Gasteiger partial charge on any atom is -0.475 e. The average Bonchev–Trinajstić information content (AvgIpc) is 3.15. The van der Waals surface area contributed by atoms with Gasteiger partial charge in [0.05, 0.1) is 11.3 Å². The molecule has 7 nitrogen and oxygen atoms in total. The van der Waals surface area contributed by atoms with Gasteiger partial charge in [-0.25, -0.2) is 9.48 Å². The maximum atomic E-state index is 13.2. The monoisotopic (exact) mass is 452 g/mol. The Balaban J connectivity index is 0.000000423. The molecule has 1 saturated heterocycles. The minimum atomic E-state index is -5.08.